The Morgan fingerprint density at radius 2 is 2.04 bits per heavy atom. The average Bonchev–Trinajstić information content (AvgIpc) is 3.34. The maximum Gasteiger partial charge on any atom is 0.254 e. The smallest absolute Gasteiger partial charge is 0.254 e. The van der Waals surface area contributed by atoms with E-state index in [2.05, 4.69) is 17.1 Å². The number of carbonyl (C=O) groups excluding carboxylic acids is 1. The van der Waals surface area contributed by atoms with Gasteiger partial charge in [0.25, 0.3) is 5.91 Å². The summed E-state index contributed by atoms with van der Waals surface area (Å²) in [7, 11) is 0. The number of carbonyl (C=O) groups is 1. The number of nitrogens with one attached hydrogen (secondary N) is 1. The molecule has 2 aromatic carbocycles. The van der Waals surface area contributed by atoms with Crippen molar-refractivity contribution in [2.45, 2.75) is 6.42 Å². The van der Waals surface area contributed by atoms with Gasteiger partial charge in [-0.2, -0.15) is 0 Å². The zero-order valence-electron chi connectivity index (χ0n) is 14.5. The lowest BCUT2D eigenvalue weighted by atomic mass is 9.98. The van der Waals surface area contributed by atoms with E-state index >= 15 is 0 Å². The Bertz CT molecular complexity index is 1090. The summed E-state index contributed by atoms with van der Waals surface area (Å²) in [4.78, 5) is 17.9. The van der Waals surface area contributed by atoms with E-state index in [-0.39, 0.29) is 12.7 Å². The van der Waals surface area contributed by atoms with Crippen LogP contribution in [0, 0.1) is 0 Å². The number of hydrogen-bond donors (Lipinski definition) is 1. The number of aromatic amines is 1. The van der Waals surface area contributed by atoms with Crippen LogP contribution in [0.3, 0.4) is 0 Å². The van der Waals surface area contributed by atoms with Crippen LogP contribution in [0.15, 0.2) is 48.7 Å². The Morgan fingerprint density at radius 3 is 2.89 bits per heavy atom. The normalized spacial score (nSPS) is 15.9. The van der Waals surface area contributed by atoms with E-state index in [1.54, 1.807) is 18.2 Å². The lowest BCUT2D eigenvalue weighted by Gasteiger charge is -2.26. The first kappa shape index (κ1) is 16.3. The Hall–Kier alpha value is -2.92. The molecular formula is C21H17ClN2O3. The molecule has 0 atom stereocenters. The summed E-state index contributed by atoms with van der Waals surface area (Å²) in [6.07, 6.45) is 4.92. The Morgan fingerprint density at radius 1 is 1.15 bits per heavy atom. The van der Waals surface area contributed by atoms with Crippen LogP contribution in [-0.2, 0) is 0 Å². The van der Waals surface area contributed by atoms with E-state index in [1.165, 1.54) is 5.57 Å². The fraction of sp³-hybridized carbons (Fsp3) is 0.190. The Balaban J connectivity index is 1.37. The minimum Gasteiger partial charge on any atom is -0.454 e. The van der Waals surface area contributed by atoms with E-state index in [9.17, 15) is 4.79 Å². The highest BCUT2D eigenvalue weighted by atomic mass is 35.5. The van der Waals surface area contributed by atoms with Crippen LogP contribution in [-0.4, -0.2) is 35.7 Å². The lowest BCUT2D eigenvalue weighted by Crippen LogP contribution is -2.34. The molecule has 2 aliphatic heterocycles. The number of para-hydroxylation sites is 1. The van der Waals surface area contributed by atoms with E-state index < -0.39 is 0 Å². The Labute approximate surface area is 161 Å². The van der Waals surface area contributed by atoms with Crippen LogP contribution < -0.4 is 9.47 Å². The monoisotopic (exact) mass is 380 g/mol. The van der Waals surface area contributed by atoms with Gasteiger partial charge in [0, 0.05) is 35.8 Å². The van der Waals surface area contributed by atoms with Crippen molar-refractivity contribution in [3.05, 3.63) is 64.8 Å². The third kappa shape index (κ3) is 2.75. The van der Waals surface area contributed by atoms with Crippen molar-refractivity contribution >= 4 is 34.0 Å². The molecular weight excluding hydrogens is 364 g/mol. The second kappa shape index (κ2) is 6.35. The summed E-state index contributed by atoms with van der Waals surface area (Å²) in [6.45, 7) is 1.46. The summed E-state index contributed by atoms with van der Waals surface area (Å²) in [5, 5.41) is 1.83. The quantitative estimate of drug-likeness (QED) is 0.713. The predicted octanol–water partition coefficient (Wildman–Crippen LogP) is 4.48. The summed E-state index contributed by atoms with van der Waals surface area (Å²) >= 11 is 6.26. The van der Waals surface area contributed by atoms with Crippen LogP contribution in [0.25, 0.3) is 16.5 Å². The fourth-order valence-corrected chi connectivity index (χ4v) is 3.92. The molecule has 0 radical (unpaired) electrons. The van der Waals surface area contributed by atoms with Gasteiger partial charge in [0.1, 0.15) is 0 Å². The molecule has 0 fully saturated rings. The van der Waals surface area contributed by atoms with Gasteiger partial charge >= 0.3 is 0 Å². The largest absolute Gasteiger partial charge is 0.454 e. The molecule has 0 bridgehead atoms. The van der Waals surface area contributed by atoms with E-state index in [0.717, 1.165) is 27.9 Å². The minimum atomic E-state index is 0.00516. The van der Waals surface area contributed by atoms with Crippen LogP contribution >= 0.6 is 11.6 Å². The molecule has 6 heteroatoms. The van der Waals surface area contributed by atoms with Gasteiger partial charge in [0.05, 0.1) is 10.5 Å². The first-order chi connectivity index (χ1) is 13.2. The summed E-state index contributed by atoms with van der Waals surface area (Å²) in [5.41, 5.74) is 3.96. The molecule has 0 aliphatic carbocycles. The van der Waals surface area contributed by atoms with Crippen LogP contribution in [0.1, 0.15) is 22.3 Å². The zero-order valence-corrected chi connectivity index (χ0v) is 15.3. The van der Waals surface area contributed by atoms with Gasteiger partial charge in [-0.3, -0.25) is 4.79 Å². The predicted molar refractivity (Wildman–Crippen MR) is 104 cm³/mol. The molecule has 136 valence electrons. The molecule has 0 saturated heterocycles. The SMILES string of the molecule is O=C(c1ccc2c(c1)OCO2)N1CC=C(c2c[nH]c3c(Cl)cccc23)CC1. The highest BCUT2D eigenvalue weighted by Crippen LogP contribution is 2.34. The van der Waals surface area contributed by atoms with Crippen molar-refractivity contribution in [1.29, 1.82) is 0 Å². The number of rotatable bonds is 2. The topological polar surface area (TPSA) is 54.6 Å². The minimum absolute atomic E-state index is 0.00516. The first-order valence-electron chi connectivity index (χ1n) is 8.84. The Kier molecular flexibility index (Phi) is 3.83. The molecule has 5 rings (SSSR count). The van der Waals surface area contributed by atoms with E-state index in [1.807, 2.05) is 23.2 Å². The maximum atomic E-state index is 12.8. The van der Waals surface area contributed by atoms with Crippen molar-refractivity contribution in [3.8, 4) is 11.5 Å². The number of halogens is 1. The molecule has 3 aromatic rings. The van der Waals surface area contributed by atoms with Crippen molar-refractivity contribution < 1.29 is 14.3 Å². The third-order valence-corrected chi connectivity index (χ3v) is 5.44. The van der Waals surface area contributed by atoms with Gasteiger partial charge < -0.3 is 19.4 Å². The maximum absolute atomic E-state index is 12.8. The van der Waals surface area contributed by atoms with Crippen molar-refractivity contribution in [3.63, 3.8) is 0 Å². The summed E-state index contributed by atoms with van der Waals surface area (Å²) < 4.78 is 10.7. The highest BCUT2D eigenvalue weighted by molar-refractivity contribution is 6.35. The molecule has 3 heterocycles. The second-order valence-corrected chi connectivity index (χ2v) is 7.07. The standard InChI is InChI=1S/C21H17ClN2O3/c22-17-3-1-2-15-16(11-23-20(15)17)13-6-8-24(9-7-13)21(25)14-4-5-18-19(10-14)27-12-26-18/h1-6,10-11,23H,7-9,12H2. The van der Waals surface area contributed by atoms with E-state index in [4.69, 9.17) is 21.1 Å². The molecule has 0 spiro atoms. The summed E-state index contributed by atoms with van der Waals surface area (Å²) in [6, 6.07) is 11.2. The number of hydrogen-bond acceptors (Lipinski definition) is 3. The molecule has 0 unspecified atom stereocenters. The molecule has 0 saturated carbocycles. The van der Waals surface area contributed by atoms with Gasteiger partial charge in [-0.1, -0.05) is 29.8 Å². The number of ether oxygens (including phenoxy) is 2. The molecule has 5 nitrogen and oxygen atoms in total. The molecule has 2 aliphatic rings. The first-order valence-corrected chi connectivity index (χ1v) is 9.22. The van der Waals surface area contributed by atoms with Crippen molar-refractivity contribution in [1.82, 2.24) is 9.88 Å². The number of aromatic nitrogens is 1. The van der Waals surface area contributed by atoms with Gasteiger partial charge in [-0.05, 0) is 36.3 Å². The molecule has 1 amide bonds. The summed E-state index contributed by atoms with van der Waals surface area (Å²) in [5.74, 6) is 1.32. The highest BCUT2D eigenvalue weighted by Gasteiger charge is 2.23. The average molecular weight is 381 g/mol. The molecule has 1 N–H and O–H groups in total. The van der Waals surface area contributed by atoms with Crippen LogP contribution in [0.5, 0.6) is 11.5 Å². The number of H-pyrrole nitrogens is 1. The van der Waals surface area contributed by atoms with Gasteiger partial charge in [0.2, 0.25) is 6.79 Å². The van der Waals surface area contributed by atoms with Crippen LogP contribution in [0.2, 0.25) is 5.02 Å². The number of benzene rings is 2. The molecule has 27 heavy (non-hydrogen) atoms. The lowest BCUT2D eigenvalue weighted by molar-refractivity contribution is 0.0772. The van der Waals surface area contributed by atoms with Crippen molar-refractivity contribution in [2.75, 3.05) is 19.9 Å². The zero-order chi connectivity index (χ0) is 18.4. The second-order valence-electron chi connectivity index (χ2n) is 6.66. The number of amides is 1. The van der Waals surface area contributed by atoms with Gasteiger partial charge in [-0.15, -0.1) is 0 Å². The van der Waals surface area contributed by atoms with Gasteiger partial charge in [-0.25, -0.2) is 0 Å². The fourth-order valence-electron chi connectivity index (χ4n) is 3.69. The van der Waals surface area contributed by atoms with Crippen molar-refractivity contribution in [2.24, 2.45) is 0 Å². The third-order valence-electron chi connectivity index (χ3n) is 5.13. The number of fused-ring (bicyclic) bond motifs is 2. The van der Waals surface area contributed by atoms with Crippen LogP contribution in [0.4, 0.5) is 0 Å². The van der Waals surface area contributed by atoms with Gasteiger partial charge in [0.15, 0.2) is 11.5 Å². The van der Waals surface area contributed by atoms with E-state index in [0.29, 0.717) is 30.2 Å². The molecule has 1 aromatic heterocycles. The number of nitrogens with zero attached hydrogens (tertiary/aromatic N) is 1.